The van der Waals surface area contributed by atoms with Crippen LogP contribution in [0.15, 0.2) is 42.5 Å². The Morgan fingerprint density at radius 2 is 2.00 bits per heavy atom. The number of carbonyl (C=O) groups excluding carboxylic acids is 1. The number of carbonyl (C=O) groups is 1. The molecule has 2 heterocycles. The summed E-state index contributed by atoms with van der Waals surface area (Å²) in [7, 11) is 2.15. The minimum Gasteiger partial charge on any atom is -0.492 e. The Morgan fingerprint density at radius 3 is 2.81 bits per heavy atom. The zero-order valence-electron chi connectivity index (χ0n) is 19.2. The molecule has 32 heavy (non-hydrogen) atoms. The molecule has 0 spiro atoms. The number of ether oxygens (including phenoxy) is 2. The molecule has 170 valence electrons. The first-order valence-corrected chi connectivity index (χ1v) is 11.4. The minimum atomic E-state index is -0.109. The van der Waals surface area contributed by atoms with Crippen molar-refractivity contribution >= 4 is 16.8 Å². The van der Waals surface area contributed by atoms with Crippen molar-refractivity contribution in [1.29, 1.82) is 0 Å². The van der Waals surface area contributed by atoms with Crippen LogP contribution in [0.25, 0.3) is 10.9 Å². The molecule has 6 heteroatoms. The maximum Gasteiger partial charge on any atom is 0.267 e. The summed E-state index contributed by atoms with van der Waals surface area (Å²) >= 11 is 0. The standard InChI is InChI=1S/C26H33N3O3/c1-18-13-19(2)23-16-25(28-24(23)14-18)26(30)27-17-20-5-4-6-22(15-20)32-12-9-29(3)21-7-10-31-11-8-21/h4-6,13-16,21,28H,7-12,17H2,1-3H3,(H,27,30). The number of aryl methyl sites for hydroxylation is 2. The van der Waals surface area contributed by atoms with Crippen LogP contribution in [0, 0.1) is 13.8 Å². The normalized spacial score (nSPS) is 14.8. The molecule has 6 nitrogen and oxygen atoms in total. The molecule has 1 aliphatic rings. The van der Waals surface area contributed by atoms with Gasteiger partial charge in [0, 0.05) is 43.2 Å². The van der Waals surface area contributed by atoms with Gasteiger partial charge in [-0.15, -0.1) is 0 Å². The van der Waals surface area contributed by atoms with Crippen molar-refractivity contribution in [3.05, 3.63) is 64.8 Å². The third-order valence-electron chi connectivity index (χ3n) is 6.21. The van der Waals surface area contributed by atoms with Crippen LogP contribution in [0.1, 0.15) is 40.0 Å². The van der Waals surface area contributed by atoms with Crippen molar-refractivity contribution in [2.24, 2.45) is 0 Å². The van der Waals surface area contributed by atoms with Gasteiger partial charge >= 0.3 is 0 Å². The highest BCUT2D eigenvalue weighted by atomic mass is 16.5. The molecule has 1 aliphatic heterocycles. The highest BCUT2D eigenvalue weighted by Crippen LogP contribution is 2.21. The smallest absolute Gasteiger partial charge is 0.267 e. The van der Waals surface area contributed by atoms with Gasteiger partial charge in [0.2, 0.25) is 0 Å². The predicted molar refractivity (Wildman–Crippen MR) is 127 cm³/mol. The van der Waals surface area contributed by atoms with Gasteiger partial charge in [0.25, 0.3) is 5.91 Å². The van der Waals surface area contributed by atoms with Crippen molar-refractivity contribution < 1.29 is 14.3 Å². The average Bonchev–Trinajstić information content (AvgIpc) is 3.23. The van der Waals surface area contributed by atoms with Gasteiger partial charge < -0.3 is 19.8 Å². The summed E-state index contributed by atoms with van der Waals surface area (Å²) in [5.74, 6) is 0.719. The maximum atomic E-state index is 12.7. The van der Waals surface area contributed by atoms with Crippen molar-refractivity contribution in [2.45, 2.75) is 39.3 Å². The first kappa shape index (κ1) is 22.4. The van der Waals surface area contributed by atoms with E-state index < -0.39 is 0 Å². The third kappa shape index (κ3) is 5.50. The lowest BCUT2D eigenvalue weighted by Gasteiger charge is -2.31. The molecule has 3 aromatic rings. The van der Waals surface area contributed by atoms with E-state index >= 15 is 0 Å². The van der Waals surface area contributed by atoms with Gasteiger partial charge in [0.1, 0.15) is 18.1 Å². The van der Waals surface area contributed by atoms with Crippen LogP contribution in [0.2, 0.25) is 0 Å². The monoisotopic (exact) mass is 435 g/mol. The van der Waals surface area contributed by atoms with Crippen LogP contribution in [0.3, 0.4) is 0 Å². The fourth-order valence-corrected chi connectivity index (χ4v) is 4.36. The fraction of sp³-hybridized carbons (Fsp3) is 0.423. The Bertz CT molecular complexity index is 1070. The molecule has 4 rings (SSSR count). The van der Waals surface area contributed by atoms with E-state index in [1.165, 1.54) is 11.1 Å². The number of nitrogens with one attached hydrogen (secondary N) is 2. The van der Waals surface area contributed by atoms with Crippen LogP contribution in [-0.2, 0) is 11.3 Å². The lowest BCUT2D eigenvalue weighted by molar-refractivity contribution is 0.0392. The number of aromatic amines is 1. The number of H-pyrrole nitrogens is 1. The molecule has 0 radical (unpaired) electrons. The van der Waals surface area contributed by atoms with Crippen molar-refractivity contribution in [1.82, 2.24) is 15.2 Å². The number of likely N-dealkylation sites (N-methyl/N-ethyl adjacent to an activating group) is 1. The quantitative estimate of drug-likeness (QED) is 0.556. The molecule has 1 fully saturated rings. The van der Waals surface area contributed by atoms with E-state index in [-0.39, 0.29) is 5.91 Å². The SMILES string of the molecule is Cc1cc(C)c2cc(C(=O)NCc3cccc(OCCN(C)C4CCOCC4)c3)[nH]c2c1. The lowest BCUT2D eigenvalue weighted by Crippen LogP contribution is -2.38. The third-order valence-corrected chi connectivity index (χ3v) is 6.21. The number of hydrogen-bond acceptors (Lipinski definition) is 4. The predicted octanol–water partition coefficient (Wildman–Crippen LogP) is 4.20. The Labute approximate surface area is 189 Å². The molecular formula is C26H33N3O3. The zero-order chi connectivity index (χ0) is 22.5. The number of nitrogens with zero attached hydrogens (tertiary/aromatic N) is 1. The van der Waals surface area contributed by atoms with E-state index in [4.69, 9.17) is 9.47 Å². The van der Waals surface area contributed by atoms with Crippen molar-refractivity contribution in [3.8, 4) is 5.75 Å². The molecule has 2 aromatic carbocycles. The molecule has 0 aliphatic carbocycles. The molecule has 2 N–H and O–H groups in total. The molecule has 1 aromatic heterocycles. The first-order chi connectivity index (χ1) is 15.5. The molecule has 0 unspecified atom stereocenters. The van der Waals surface area contributed by atoms with Crippen LogP contribution in [0.4, 0.5) is 0 Å². The van der Waals surface area contributed by atoms with Crippen LogP contribution < -0.4 is 10.1 Å². The van der Waals surface area contributed by atoms with E-state index in [0.717, 1.165) is 54.8 Å². The molecule has 0 atom stereocenters. The van der Waals surface area contributed by atoms with Crippen molar-refractivity contribution in [2.75, 3.05) is 33.4 Å². The Kier molecular flexibility index (Phi) is 7.12. The Hall–Kier alpha value is -2.83. The number of benzene rings is 2. The first-order valence-electron chi connectivity index (χ1n) is 11.4. The van der Waals surface area contributed by atoms with E-state index in [2.05, 4.69) is 48.2 Å². The number of aromatic nitrogens is 1. The van der Waals surface area contributed by atoms with E-state index in [1.807, 2.05) is 30.3 Å². The number of hydrogen-bond donors (Lipinski definition) is 2. The number of rotatable bonds is 8. The topological polar surface area (TPSA) is 66.6 Å². The van der Waals surface area contributed by atoms with Gasteiger partial charge in [0.05, 0.1) is 0 Å². The molecular weight excluding hydrogens is 402 g/mol. The minimum absolute atomic E-state index is 0.109. The number of fused-ring (bicyclic) bond motifs is 1. The second kappa shape index (κ2) is 10.2. The lowest BCUT2D eigenvalue weighted by atomic mass is 10.1. The summed E-state index contributed by atoms with van der Waals surface area (Å²) in [6, 6.07) is 14.6. The average molecular weight is 436 g/mol. The summed E-state index contributed by atoms with van der Waals surface area (Å²) in [5, 5.41) is 4.09. The Morgan fingerprint density at radius 1 is 1.19 bits per heavy atom. The zero-order valence-corrected chi connectivity index (χ0v) is 19.2. The summed E-state index contributed by atoms with van der Waals surface area (Å²) in [6.07, 6.45) is 2.17. The fourth-order valence-electron chi connectivity index (χ4n) is 4.36. The van der Waals surface area contributed by atoms with Gasteiger partial charge in [-0.05, 0) is 74.7 Å². The second-order valence-electron chi connectivity index (χ2n) is 8.73. The molecule has 0 bridgehead atoms. The van der Waals surface area contributed by atoms with Gasteiger partial charge in [-0.25, -0.2) is 0 Å². The van der Waals surface area contributed by atoms with Gasteiger partial charge in [-0.1, -0.05) is 18.2 Å². The van der Waals surface area contributed by atoms with Gasteiger partial charge in [-0.2, -0.15) is 0 Å². The van der Waals surface area contributed by atoms with Gasteiger partial charge in [-0.3, -0.25) is 9.69 Å². The van der Waals surface area contributed by atoms with Crippen molar-refractivity contribution in [3.63, 3.8) is 0 Å². The summed E-state index contributed by atoms with van der Waals surface area (Å²) in [6.45, 7) is 7.79. The largest absolute Gasteiger partial charge is 0.492 e. The maximum absolute atomic E-state index is 12.7. The van der Waals surface area contributed by atoms with E-state index in [1.54, 1.807) is 0 Å². The highest BCUT2D eigenvalue weighted by molar-refractivity contribution is 5.98. The summed E-state index contributed by atoms with van der Waals surface area (Å²) in [5.41, 5.74) is 4.94. The van der Waals surface area contributed by atoms with Crippen LogP contribution in [0.5, 0.6) is 5.75 Å². The molecule has 1 amide bonds. The van der Waals surface area contributed by atoms with Gasteiger partial charge in [0.15, 0.2) is 0 Å². The molecule has 1 saturated heterocycles. The highest BCUT2D eigenvalue weighted by Gasteiger charge is 2.18. The second-order valence-corrected chi connectivity index (χ2v) is 8.73. The van der Waals surface area contributed by atoms with E-state index in [9.17, 15) is 4.79 Å². The Balaban J connectivity index is 1.29. The van der Waals surface area contributed by atoms with E-state index in [0.29, 0.717) is 24.9 Å². The summed E-state index contributed by atoms with van der Waals surface area (Å²) < 4.78 is 11.4. The summed E-state index contributed by atoms with van der Waals surface area (Å²) in [4.78, 5) is 18.3. The molecule has 0 saturated carbocycles. The number of amides is 1. The van der Waals surface area contributed by atoms with Crippen LogP contribution >= 0.6 is 0 Å². The van der Waals surface area contributed by atoms with Crippen LogP contribution in [-0.4, -0.2) is 55.2 Å².